The zero-order valence-electron chi connectivity index (χ0n) is 12.1. The highest BCUT2D eigenvalue weighted by atomic mass is 32.2. The van der Waals surface area contributed by atoms with Crippen molar-refractivity contribution in [3.8, 4) is 5.75 Å². The summed E-state index contributed by atoms with van der Waals surface area (Å²) in [5.41, 5.74) is 6.80. The quantitative estimate of drug-likeness (QED) is 0.754. The van der Waals surface area contributed by atoms with Gasteiger partial charge >= 0.3 is 0 Å². The zero-order valence-corrected chi connectivity index (χ0v) is 13.0. The number of hydrogen-bond acceptors (Lipinski definition) is 4. The van der Waals surface area contributed by atoms with E-state index in [4.69, 9.17) is 10.5 Å². The summed E-state index contributed by atoms with van der Waals surface area (Å²) in [5, 5.41) is 2.72. The lowest BCUT2D eigenvalue weighted by Crippen LogP contribution is -2.17. The molecule has 0 aliphatic rings. The molecular formula is C14H22N2O3S. The van der Waals surface area contributed by atoms with Gasteiger partial charge < -0.3 is 15.8 Å². The van der Waals surface area contributed by atoms with Crippen LogP contribution in [0.3, 0.4) is 0 Å². The molecule has 1 amide bonds. The molecule has 5 nitrogen and oxygen atoms in total. The number of nitrogens with two attached hydrogens (primary N) is 1. The van der Waals surface area contributed by atoms with Gasteiger partial charge in [-0.2, -0.15) is 0 Å². The van der Waals surface area contributed by atoms with Gasteiger partial charge in [-0.05, 0) is 18.1 Å². The van der Waals surface area contributed by atoms with E-state index in [1.54, 1.807) is 25.3 Å². The predicted molar refractivity (Wildman–Crippen MR) is 83.4 cm³/mol. The lowest BCUT2D eigenvalue weighted by atomic mass is 10.2. The second kappa shape index (κ2) is 7.89. The third kappa shape index (κ3) is 5.61. The molecule has 0 aliphatic heterocycles. The van der Waals surface area contributed by atoms with Crippen molar-refractivity contribution in [3.05, 3.63) is 18.2 Å². The van der Waals surface area contributed by atoms with Crippen molar-refractivity contribution < 1.29 is 13.7 Å². The average Bonchev–Trinajstić information content (AvgIpc) is 2.38. The Hall–Kier alpha value is -1.56. The first kappa shape index (κ1) is 16.5. The predicted octanol–water partition coefficient (Wildman–Crippen LogP) is 2.01. The van der Waals surface area contributed by atoms with Gasteiger partial charge in [-0.15, -0.1) is 0 Å². The second-order valence-corrected chi connectivity index (χ2v) is 6.58. The number of hydrogen-bond donors (Lipinski definition) is 2. The van der Waals surface area contributed by atoms with Gasteiger partial charge in [0, 0.05) is 34.8 Å². The van der Waals surface area contributed by atoms with Crippen molar-refractivity contribution in [2.24, 2.45) is 5.92 Å². The van der Waals surface area contributed by atoms with Gasteiger partial charge in [0.15, 0.2) is 0 Å². The maximum Gasteiger partial charge on any atom is 0.225 e. The second-order valence-electron chi connectivity index (χ2n) is 4.96. The lowest BCUT2D eigenvalue weighted by molar-refractivity contribution is -0.115. The molecule has 0 bridgehead atoms. The van der Waals surface area contributed by atoms with Gasteiger partial charge in [-0.3, -0.25) is 9.00 Å². The number of anilines is 2. The van der Waals surface area contributed by atoms with Gasteiger partial charge in [-0.1, -0.05) is 13.8 Å². The molecule has 0 saturated carbocycles. The summed E-state index contributed by atoms with van der Waals surface area (Å²) in [6.45, 7) is 4.02. The number of ether oxygens (including phenoxy) is 1. The smallest absolute Gasteiger partial charge is 0.225 e. The number of amides is 1. The first-order valence-electron chi connectivity index (χ1n) is 6.50. The minimum absolute atomic E-state index is 0.182. The third-order valence-electron chi connectivity index (χ3n) is 2.61. The summed E-state index contributed by atoms with van der Waals surface area (Å²) < 4.78 is 16.7. The molecule has 1 unspecified atom stereocenters. The van der Waals surface area contributed by atoms with Crippen LogP contribution in [0, 0.1) is 5.92 Å². The standard InChI is InChI=1S/C14H22N2O3S/c1-10(2)9-20(18)7-6-14(17)16-13-5-4-11(19-3)8-12(13)15/h4-5,8,10H,6-7,9,15H2,1-3H3,(H,16,17). The van der Waals surface area contributed by atoms with E-state index in [9.17, 15) is 9.00 Å². The number of carbonyl (C=O) groups excluding carboxylic acids is 1. The van der Waals surface area contributed by atoms with E-state index < -0.39 is 10.8 Å². The van der Waals surface area contributed by atoms with E-state index in [0.717, 1.165) is 0 Å². The summed E-state index contributed by atoms with van der Waals surface area (Å²) in [5.74, 6) is 1.83. The molecule has 1 aromatic carbocycles. The van der Waals surface area contributed by atoms with Crippen molar-refractivity contribution >= 4 is 28.1 Å². The number of methoxy groups -OCH3 is 1. The van der Waals surface area contributed by atoms with Crippen LogP contribution in [-0.4, -0.2) is 28.7 Å². The van der Waals surface area contributed by atoms with Crippen LogP contribution in [0.2, 0.25) is 0 Å². The van der Waals surface area contributed by atoms with Gasteiger partial charge in [0.25, 0.3) is 0 Å². The molecule has 1 aromatic rings. The molecule has 1 rings (SSSR count). The van der Waals surface area contributed by atoms with Crippen LogP contribution in [0.1, 0.15) is 20.3 Å². The molecule has 112 valence electrons. The van der Waals surface area contributed by atoms with E-state index in [-0.39, 0.29) is 12.3 Å². The largest absolute Gasteiger partial charge is 0.497 e. The van der Waals surface area contributed by atoms with Crippen molar-refractivity contribution in [2.75, 3.05) is 29.7 Å². The molecule has 20 heavy (non-hydrogen) atoms. The summed E-state index contributed by atoms with van der Waals surface area (Å²) in [7, 11) is 0.601. The molecule has 0 radical (unpaired) electrons. The van der Waals surface area contributed by atoms with E-state index >= 15 is 0 Å². The van der Waals surface area contributed by atoms with E-state index in [1.165, 1.54) is 0 Å². The van der Waals surface area contributed by atoms with Crippen molar-refractivity contribution in [2.45, 2.75) is 20.3 Å². The number of rotatable bonds is 7. The topological polar surface area (TPSA) is 81.4 Å². The van der Waals surface area contributed by atoms with Crippen LogP contribution in [-0.2, 0) is 15.6 Å². The third-order valence-corrected chi connectivity index (χ3v) is 4.31. The van der Waals surface area contributed by atoms with Crippen LogP contribution in [0.5, 0.6) is 5.75 Å². The summed E-state index contributed by atoms with van der Waals surface area (Å²) >= 11 is 0. The normalized spacial score (nSPS) is 12.2. The highest BCUT2D eigenvalue weighted by Gasteiger charge is 2.09. The summed E-state index contributed by atoms with van der Waals surface area (Å²) in [6, 6.07) is 5.06. The maximum atomic E-state index is 11.8. The van der Waals surface area contributed by atoms with Crippen LogP contribution in [0.25, 0.3) is 0 Å². The van der Waals surface area contributed by atoms with E-state index in [2.05, 4.69) is 5.32 Å². The molecule has 0 aromatic heterocycles. The Balaban J connectivity index is 2.48. The minimum atomic E-state index is -0.951. The Morgan fingerprint density at radius 1 is 1.45 bits per heavy atom. The Bertz CT molecular complexity index is 489. The number of nitrogen functional groups attached to an aromatic ring is 1. The first-order valence-corrected chi connectivity index (χ1v) is 7.99. The van der Waals surface area contributed by atoms with Gasteiger partial charge in [0.1, 0.15) is 5.75 Å². The van der Waals surface area contributed by atoms with Crippen LogP contribution in [0.4, 0.5) is 11.4 Å². The Kier molecular flexibility index (Phi) is 6.51. The van der Waals surface area contributed by atoms with Crippen molar-refractivity contribution in [1.82, 2.24) is 0 Å². The fraction of sp³-hybridized carbons (Fsp3) is 0.500. The molecule has 3 N–H and O–H groups in total. The molecule has 0 saturated heterocycles. The van der Waals surface area contributed by atoms with Gasteiger partial charge in [-0.25, -0.2) is 0 Å². The Labute approximate surface area is 122 Å². The fourth-order valence-electron chi connectivity index (χ4n) is 1.66. The lowest BCUT2D eigenvalue weighted by Gasteiger charge is -2.10. The number of benzene rings is 1. The molecular weight excluding hydrogens is 276 g/mol. The van der Waals surface area contributed by atoms with E-state index in [0.29, 0.717) is 34.5 Å². The molecule has 6 heteroatoms. The monoisotopic (exact) mass is 298 g/mol. The minimum Gasteiger partial charge on any atom is -0.497 e. The van der Waals surface area contributed by atoms with Crippen molar-refractivity contribution in [3.63, 3.8) is 0 Å². The Morgan fingerprint density at radius 2 is 2.15 bits per heavy atom. The highest BCUT2D eigenvalue weighted by molar-refractivity contribution is 7.85. The summed E-state index contributed by atoms with van der Waals surface area (Å²) in [4.78, 5) is 11.8. The molecule has 0 aliphatic carbocycles. The zero-order chi connectivity index (χ0) is 15.1. The van der Waals surface area contributed by atoms with Crippen LogP contribution >= 0.6 is 0 Å². The maximum absolute atomic E-state index is 11.8. The van der Waals surface area contributed by atoms with Crippen LogP contribution in [0.15, 0.2) is 18.2 Å². The molecule has 1 atom stereocenters. The van der Waals surface area contributed by atoms with E-state index in [1.807, 2.05) is 13.8 Å². The highest BCUT2D eigenvalue weighted by Crippen LogP contribution is 2.24. The first-order chi connectivity index (χ1) is 9.42. The van der Waals surface area contributed by atoms with Gasteiger partial charge in [0.2, 0.25) is 5.91 Å². The number of carbonyl (C=O) groups is 1. The molecule has 0 heterocycles. The van der Waals surface area contributed by atoms with Gasteiger partial charge in [0.05, 0.1) is 18.5 Å². The average molecular weight is 298 g/mol. The molecule has 0 spiro atoms. The number of nitrogens with one attached hydrogen (secondary N) is 1. The SMILES string of the molecule is COc1ccc(NC(=O)CCS(=O)CC(C)C)c(N)c1. The Morgan fingerprint density at radius 3 is 2.70 bits per heavy atom. The van der Waals surface area contributed by atoms with Crippen molar-refractivity contribution in [1.29, 1.82) is 0 Å². The summed E-state index contributed by atoms with van der Waals surface area (Å²) in [6.07, 6.45) is 0.227. The molecule has 0 fully saturated rings. The fourth-order valence-corrected chi connectivity index (χ4v) is 2.98. The van der Waals surface area contributed by atoms with Crippen LogP contribution < -0.4 is 15.8 Å².